The molecule has 4 heteroatoms. The number of rotatable bonds is 6. The molecule has 1 N–H and O–H groups in total. The molecule has 0 fully saturated rings. The predicted molar refractivity (Wildman–Crippen MR) is 96.7 cm³/mol. The smallest absolute Gasteiger partial charge is 0.214 e. The molecule has 1 unspecified atom stereocenters. The SMILES string of the molecule is Cc1ccc(COc2cccc(C3=CCC(CCO)CC3)n2)c(F)c1. The van der Waals surface area contributed by atoms with Gasteiger partial charge in [0.25, 0.3) is 0 Å². The summed E-state index contributed by atoms with van der Waals surface area (Å²) >= 11 is 0. The predicted octanol–water partition coefficient (Wildman–Crippen LogP) is 4.67. The Balaban J connectivity index is 1.65. The van der Waals surface area contributed by atoms with Gasteiger partial charge in [0.15, 0.2) is 0 Å². The Kier molecular flexibility index (Phi) is 5.82. The van der Waals surface area contributed by atoms with Gasteiger partial charge in [0.1, 0.15) is 12.4 Å². The molecule has 0 saturated heterocycles. The largest absolute Gasteiger partial charge is 0.473 e. The number of aromatic nitrogens is 1. The number of nitrogens with zero attached hydrogens (tertiary/aromatic N) is 1. The summed E-state index contributed by atoms with van der Waals surface area (Å²) < 4.78 is 19.6. The Morgan fingerprint density at radius 1 is 1.28 bits per heavy atom. The van der Waals surface area contributed by atoms with Gasteiger partial charge < -0.3 is 9.84 Å². The van der Waals surface area contributed by atoms with Gasteiger partial charge in [-0.25, -0.2) is 9.37 Å². The zero-order valence-electron chi connectivity index (χ0n) is 14.5. The van der Waals surface area contributed by atoms with Gasteiger partial charge in [0, 0.05) is 18.2 Å². The van der Waals surface area contributed by atoms with Gasteiger partial charge in [0.05, 0.1) is 5.69 Å². The summed E-state index contributed by atoms with van der Waals surface area (Å²) in [5.74, 6) is 0.828. The van der Waals surface area contributed by atoms with E-state index in [1.54, 1.807) is 12.1 Å². The van der Waals surface area contributed by atoms with Crippen LogP contribution in [0.2, 0.25) is 0 Å². The van der Waals surface area contributed by atoms with E-state index in [4.69, 9.17) is 9.84 Å². The van der Waals surface area contributed by atoms with Crippen LogP contribution in [0.5, 0.6) is 5.88 Å². The standard InChI is InChI=1S/C21H24FNO2/c1-15-5-8-18(19(22)13-15)14-25-21-4-2-3-20(23-21)17-9-6-16(7-10-17)11-12-24/h2-5,8-9,13,16,24H,6-7,10-12,14H2,1H3. The minimum atomic E-state index is -0.249. The van der Waals surface area contributed by atoms with Crippen molar-refractivity contribution in [3.63, 3.8) is 0 Å². The third-order valence-electron chi connectivity index (χ3n) is 4.69. The van der Waals surface area contributed by atoms with E-state index in [-0.39, 0.29) is 19.0 Å². The first-order chi connectivity index (χ1) is 12.2. The second-order valence-electron chi connectivity index (χ2n) is 6.63. The number of ether oxygens (including phenoxy) is 1. The summed E-state index contributed by atoms with van der Waals surface area (Å²) in [7, 11) is 0. The van der Waals surface area contributed by atoms with Crippen LogP contribution in [0.3, 0.4) is 0 Å². The maximum atomic E-state index is 13.9. The van der Waals surface area contributed by atoms with Crippen molar-refractivity contribution < 1.29 is 14.2 Å². The molecule has 1 aromatic carbocycles. The molecular weight excluding hydrogens is 317 g/mol. The third-order valence-corrected chi connectivity index (χ3v) is 4.69. The zero-order chi connectivity index (χ0) is 17.6. The highest BCUT2D eigenvalue weighted by atomic mass is 19.1. The Bertz CT molecular complexity index is 757. The first-order valence-corrected chi connectivity index (χ1v) is 8.81. The molecule has 0 spiro atoms. The summed E-state index contributed by atoms with van der Waals surface area (Å²) in [6.07, 6.45) is 6.11. The Morgan fingerprint density at radius 2 is 2.16 bits per heavy atom. The third kappa shape index (κ3) is 4.67. The molecule has 1 aliphatic carbocycles. The molecule has 0 saturated carbocycles. The van der Waals surface area contributed by atoms with Crippen LogP contribution in [-0.2, 0) is 6.61 Å². The Labute approximate surface area is 148 Å². The fraction of sp³-hybridized carbons (Fsp3) is 0.381. The molecule has 25 heavy (non-hydrogen) atoms. The number of aliphatic hydroxyl groups is 1. The van der Waals surface area contributed by atoms with E-state index in [0.29, 0.717) is 17.4 Å². The fourth-order valence-electron chi connectivity index (χ4n) is 3.16. The highest BCUT2D eigenvalue weighted by Gasteiger charge is 2.16. The topological polar surface area (TPSA) is 42.4 Å². The summed E-state index contributed by atoms with van der Waals surface area (Å²) in [6, 6.07) is 10.8. The average molecular weight is 341 g/mol. The van der Waals surface area contributed by atoms with Gasteiger partial charge >= 0.3 is 0 Å². The van der Waals surface area contributed by atoms with E-state index in [2.05, 4.69) is 11.1 Å². The van der Waals surface area contributed by atoms with Gasteiger partial charge in [-0.2, -0.15) is 0 Å². The molecule has 2 aromatic rings. The first-order valence-electron chi connectivity index (χ1n) is 8.81. The van der Waals surface area contributed by atoms with Crippen LogP contribution in [0.1, 0.15) is 42.5 Å². The summed E-state index contributed by atoms with van der Waals surface area (Å²) in [6.45, 7) is 2.28. The van der Waals surface area contributed by atoms with Gasteiger partial charge in [-0.3, -0.25) is 0 Å². The lowest BCUT2D eigenvalue weighted by Crippen LogP contribution is -2.08. The molecule has 0 amide bonds. The Hall–Kier alpha value is -2.20. The minimum absolute atomic E-state index is 0.167. The molecule has 3 rings (SSSR count). The van der Waals surface area contributed by atoms with Crippen molar-refractivity contribution in [1.29, 1.82) is 0 Å². The van der Waals surface area contributed by atoms with Crippen molar-refractivity contribution in [2.24, 2.45) is 5.92 Å². The fourth-order valence-corrected chi connectivity index (χ4v) is 3.16. The van der Waals surface area contributed by atoms with Crippen molar-refractivity contribution in [2.45, 2.75) is 39.2 Å². The molecule has 1 heterocycles. The highest BCUT2D eigenvalue weighted by Crippen LogP contribution is 2.31. The van der Waals surface area contributed by atoms with E-state index in [1.165, 1.54) is 11.6 Å². The van der Waals surface area contributed by atoms with E-state index in [9.17, 15) is 4.39 Å². The number of hydrogen-bond acceptors (Lipinski definition) is 3. The molecular formula is C21H24FNO2. The minimum Gasteiger partial charge on any atom is -0.473 e. The number of aliphatic hydroxyl groups excluding tert-OH is 1. The van der Waals surface area contributed by atoms with E-state index in [0.717, 1.165) is 36.9 Å². The number of halogens is 1. The first kappa shape index (κ1) is 17.6. The lowest BCUT2D eigenvalue weighted by atomic mass is 9.86. The number of allylic oxidation sites excluding steroid dienone is 2. The van der Waals surface area contributed by atoms with Crippen LogP contribution in [-0.4, -0.2) is 16.7 Å². The van der Waals surface area contributed by atoms with Crippen molar-refractivity contribution in [1.82, 2.24) is 4.98 Å². The average Bonchev–Trinajstić information content (AvgIpc) is 2.62. The van der Waals surface area contributed by atoms with Gasteiger partial charge in [-0.05, 0) is 61.8 Å². The molecule has 1 aromatic heterocycles. The lowest BCUT2D eigenvalue weighted by Gasteiger charge is -2.21. The van der Waals surface area contributed by atoms with Crippen molar-refractivity contribution in [3.05, 3.63) is 65.1 Å². The van der Waals surface area contributed by atoms with E-state index < -0.39 is 0 Å². The van der Waals surface area contributed by atoms with Gasteiger partial charge in [-0.1, -0.05) is 24.3 Å². The number of benzene rings is 1. The van der Waals surface area contributed by atoms with Crippen molar-refractivity contribution in [2.75, 3.05) is 6.61 Å². The summed E-state index contributed by atoms with van der Waals surface area (Å²) in [5, 5.41) is 9.05. The Morgan fingerprint density at radius 3 is 2.88 bits per heavy atom. The van der Waals surface area contributed by atoms with E-state index in [1.807, 2.05) is 25.1 Å². The van der Waals surface area contributed by atoms with E-state index >= 15 is 0 Å². The molecule has 132 valence electrons. The monoisotopic (exact) mass is 341 g/mol. The number of pyridine rings is 1. The normalized spacial score (nSPS) is 17.2. The maximum Gasteiger partial charge on any atom is 0.214 e. The second kappa shape index (κ2) is 8.26. The van der Waals surface area contributed by atoms with Crippen LogP contribution in [0.15, 0.2) is 42.5 Å². The van der Waals surface area contributed by atoms with Crippen LogP contribution in [0.25, 0.3) is 5.57 Å². The second-order valence-corrected chi connectivity index (χ2v) is 6.63. The molecule has 0 bridgehead atoms. The number of hydrogen-bond donors (Lipinski definition) is 1. The summed E-state index contributed by atoms with van der Waals surface area (Å²) in [5.41, 5.74) is 3.57. The zero-order valence-corrected chi connectivity index (χ0v) is 14.5. The van der Waals surface area contributed by atoms with Crippen LogP contribution < -0.4 is 4.74 Å². The highest BCUT2D eigenvalue weighted by molar-refractivity contribution is 5.63. The molecule has 1 aliphatic rings. The summed E-state index contributed by atoms with van der Waals surface area (Å²) in [4.78, 5) is 4.57. The quantitative estimate of drug-likeness (QED) is 0.830. The van der Waals surface area contributed by atoms with Crippen LogP contribution in [0, 0.1) is 18.7 Å². The molecule has 0 aliphatic heterocycles. The van der Waals surface area contributed by atoms with Gasteiger partial charge in [0.2, 0.25) is 5.88 Å². The molecule has 3 nitrogen and oxygen atoms in total. The van der Waals surface area contributed by atoms with Gasteiger partial charge in [-0.15, -0.1) is 0 Å². The number of aryl methyl sites for hydroxylation is 1. The molecule has 0 radical (unpaired) electrons. The molecule has 1 atom stereocenters. The van der Waals surface area contributed by atoms with Crippen molar-refractivity contribution in [3.8, 4) is 5.88 Å². The van der Waals surface area contributed by atoms with Crippen molar-refractivity contribution >= 4 is 5.57 Å². The van der Waals surface area contributed by atoms with Crippen LogP contribution >= 0.6 is 0 Å². The lowest BCUT2D eigenvalue weighted by molar-refractivity contribution is 0.251. The maximum absolute atomic E-state index is 13.9. The van der Waals surface area contributed by atoms with Crippen LogP contribution in [0.4, 0.5) is 4.39 Å².